The Hall–Kier alpha value is -3.19. The number of quaternary nitrogens is 1. The van der Waals surface area contributed by atoms with Crippen LogP contribution in [-0.2, 0) is 16.8 Å². The first-order chi connectivity index (χ1) is 16.3. The minimum Gasteiger partial charge on any atom is -0.508 e. The number of benzene rings is 2. The molecule has 2 aromatic carbocycles. The van der Waals surface area contributed by atoms with E-state index in [1.165, 1.54) is 10.5 Å². The summed E-state index contributed by atoms with van der Waals surface area (Å²) in [5, 5.41) is 21.5. The fraction of sp³-hybridized carbons (Fsp3) is 0.444. The maximum Gasteiger partial charge on any atom is 0.233 e. The van der Waals surface area contributed by atoms with E-state index in [1.54, 1.807) is 18.2 Å². The minimum atomic E-state index is 0.00925. The number of phenolic OH excluding ortho intramolecular Hbond substituents is 1. The lowest BCUT2D eigenvalue weighted by molar-refractivity contribution is -0.945. The van der Waals surface area contributed by atoms with E-state index in [1.807, 2.05) is 16.9 Å². The summed E-state index contributed by atoms with van der Waals surface area (Å²) < 4.78 is 1.97. The summed E-state index contributed by atoms with van der Waals surface area (Å²) in [5.41, 5.74) is 4.07. The number of hydrogen-bond acceptors (Lipinski definition) is 4. The van der Waals surface area contributed by atoms with E-state index in [0.717, 1.165) is 43.7 Å². The van der Waals surface area contributed by atoms with Crippen LogP contribution in [0.3, 0.4) is 0 Å². The molecule has 178 valence electrons. The van der Waals surface area contributed by atoms with Crippen LogP contribution in [0.15, 0.2) is 54.7 Å². The van der Waals surface area contributed by atoms with Crippen molar-refractivity contribution in [3.05, 3.63) is 60.3 Å². The summed E-state index contributed by atoms with van der Waals surface area (Å²) in [5.74, 6) is 0.616. The Morgan fingerprint density at radius 3 is 2.68 bits per heavy atom. The molecule has 0 spiro atoms. The number of aromatic nitrogens is 3. The number of rotatable bonds is 5. The van der Waals surface area contributed by atoms with Gasteiger partial charge in [-0.25, -0.2) is 4.68 Å². The number of amides is 1. The van der Waals surface area contributed by atoms with Crippen molar-refractivity contribution in [3.8, 4) is 17.0 Å². The van der Waals surface area contributed by atoms with E-state index in [4.69, 9.17) is 0 Å². The van der Waals surface area contributed by atoms with Crippen molar-refractivity contribution in [2.24, 2.45) is 11.8 Å². The maximum absolute atomic E-state index is 12.9. The highest BCUT2D eigenvalue weighted by molar-refractivity contribution is 5.93. The molecule has 3 aliphatic heterocycles. The van der Waals surface area contributed by atoms with Crippen molar-refractivity contribution in [2.75, 3.05) is 18.4 Å². The predicted octanol–water partition coefficient (Wildman–Crippen LogP) is 2.88. The Kier molecular flexibility index (Phi) is 5.90. The highest BCUT2D eigenvalue weighted by Gasteiger charge is 2.46. The molecule has 3 aliphatic rings. The van der Waals surface area contributed by atoms with Crippen molar-refractivity contribution in [2.45, 2.75) is 51.6 Å². The van der Waals surface area contributed by atoms with Gasteiger partial charge in [-0.2, -0.15) is 0 Å². The van der Waals surface area contributed by atoms with E-state index in [9.17, 15) is 9.90 Å². The van der Waals surface area contributed by atoms with Crippen molar-refractivity contribution < 1.29 is 14.8 Å². The molecule has 6 rings (SSSR count). The molecule has 7 heteroatoms. The van der Waals surface area contributed by atoms with Crippen LogP contribution >= 0.6 is 0 Å². The summed E-state index contributed by atoms with van der Waals surface area (Å²) in [6, 6.07) is 15.8. The SMILES string of the molecule is CC(C)(C)c1ccc(-c2cn(C[C@H]3C[C@H]4CC[NH+]3C[C@@H]4C(=O)Nc3cccc(O)c3)nn2)cc1. The first-order valence-corrected chi connectivity index (χ1v) is 12.2. The Bertz CT molecular complexity index is 1160. The lowest BCUT2D eigenvalue weighted by Crippen LogP contribution is -3.20. The molecular formula is C27H34N5O2+. The molecule has 0 aliphatic carbocycles. The molecule has 0 radical (unpaired) electrons. The molecule has 3 N–H and O–H groups in total. The summed E-state index contributed by atoms with van der Waals surface area (Å²) in [6.07, 6.45) is 4.14. The number of fused-ring (bicyclic) bond motifs is 3. The van der Waals surface area contributed by atoms with Gasteiger partial charge >= 0.3 is 0 Å². The van der Waals surface area contributed by atoms with Crippen LogP contribution in [0.25, 0.3) is 11.3 Å². The second-order valence-electron chi connectivity index (χ2n) is 10.9. The molecule has 1 aromatic heterocycles. The molecule has 7 nitrogen and oxygen atoms in total. The zero-order valence-corrected chi connectivity index (χ0v) is 20.2. The molecule has 3 aromatic rings. The van der Waals surface area contributed by atoms with Gasteiger partial charge < -0.3 is 15.3 Å². The highest BCUT2D eigenvalue weighted by Crippen LogP contribution is 2.29. The average molecular weight is 461 g/mol. The van der Waals surface area contributed by atoms with Gasteiger partial charge in [0.05, 0.1) is 31.7 Å². The normalized spacial score (nSPS) is 24.2. The fourth-order valence-electron chi connectivity index (χ4n) is 5.52. The lowest BCUT2D eigenvalue weighted by atomic mass is 9.75. The standard InChI is InChI=1S/C27H33N5O2/c1-27(2,3)20-9-7-18(8-10-20)25-17-32(30-29-25)15-22-13-19-11-12-31(22)16-24(19)26(34)28-21-5-4-6-23(33)14-21/h4-10,14,17,19,22,24,33H,11-13,15-16H2,1-3H3,(H,28,34)/p+1/t19-,22-,24+/m1/s1. The number of carbonyl (C=O) groups is 1. The van der Waals surface area contributed by atoms with Crippen LogP contribution in [0.2, 0.25) is 0 Å². The number of nitrogens with one attached hydrogen (secondary N) is 2. The smallest absolute Gasteiger partial charge is 0.233 e. The lowest BCUT2D eigenvalue weighted by Gasteiger charge is -2.46. The van der Waals surface area contributed by atoms with Crippen LogP contribution in [0.1, 0.15) is 39.2 Å². The summed E-state index contributed by atoms with van der Waals surface area (Å²) in [6.45, 7) is 9.41. The van der Waals surface area contributed by atoms with Gasteiger partial charge in [-0.1, -0.05) is 56.3 Å². The van der Waals surface area contributed by atoms with E-state index in [2.05, 4.69) is 60.7 Å². The van der Waals surface area contributed by atoms with Crippen LogP contribution in [0, 0.1) is 11.8 Å². The van der Waals surface area contributed by atoms with E-state index >= 15 is 0 Å². The predicted molar refractivity (Wildman–Crippen MR) is 132 cm³/mol. The van der Waals surface area contributed by atoms with Gasteiger partial charge in [0.1, 0.15) is 17.5 Å². The first kappa shape index (κ1) is 22.6. The molecule has 4 atom stereocenters. The van der Waals surface area contributed by atoms with Gasteiger partial charge in [0.15, 0.2) is 0 Å². The second kappa shape index (κ2) is 8.87. The Morgan fingerprint density at radius 2 is 2.00 bits per heavy atom. The molecule has 0 saturated carbocycles. The number of aromatic hydroxyl groups is 1. The molecule has 1 unspecified atom stereocenters. The zero-order valence-electron chi connectivity index (χ0n) is 20.2. The average Bonchev–Trinajstić information content (AvgIpc) is 3.27. The maximum atomic E-state index is 12.9. The summed E-state index contributed by atoms with van der Waals surface area (Å²) in [4.78, 5) is 14.4. The molecule has 3 fully saturated rings. The highest BCUT2D eigenvalue weighted by atomic mass is 16.3. The molecule has 3 saturated heterocycles. The molecule has 1 amide bonds. The number of phenols is 1. The number of anilines is 1. The Balaban J connectivity index is 1.21. The number of hydrogen-bond donors (Lipinski definition) is 3. The quantitative estimate of drug-likeness (QED) is 0.547. The van der Waals surface area contributed by atoms with Crippen LogP contribution in [-0.4, -0.2) is 45.1 Å². The first-order valence-electron chi connectivity index (χ1n) is 12.2. The van der Waals surface area contributed by atoms with Crippen molar-refractivity contribution in [1.82, 2.24) is 15.0 Å². The van der Waals surface area contributed by atoms with E-state index in [0.29, 0.717) is 17.6 Å². The third kappa shape index (κ3) is 4.71. The number of carbonyl (C=O) groups excluding carboxylic acids is 1. The molecule has 4 heterocycles. The number of piperidine rings is 3. The van der Waals surface area contributed by atoms with E-state index in [-0.39, 0.29) is 23.0 Å². The van der Waals surface area contributed by atoms with Gasteiger partial charge in [-0.05, 0) is 29.0 Å². The van der Waals surface area contributed by atoms with Crippen LogP contribution in [0.4, 0.5) is 5.69 Å². The minimum absolute atomic E-state index is 0.00925. The van der Waals surface area contributed by atoms with Gasteiger partial charge in [0.2, 0.25) is 5.91 Å². The third-order valence-electron chi connectivity index (χ3n) is 7.50. The van der Waals surface area contributed by atoms with Crippen molar-refractivity contribution in [3.63, 3.8) is 0 Å². The zero-order chi connectivity index (χ0) is 23.9. The van der Waals surface area contributed by atoms with Crippen molar-refractivity contribution in [1.29, 1.82) is 0 Å². The fourth-order valence-corrected chi connectivity index (χ4v) is 5.52. The molecule has 2 bridgehead atoms. The van der Waals surface area contributed by atoms with E-state index < -0.39 is 0 Å². The van der Waals surface area contributed by atoms with Crippen LogP contribution in [0.5, 0.6) is 5.75 Å². The summed E-state index contributed by atoms with van der Waals surface area (Å²) >= 11 is 0. The second-order valence-corrected chi connectivity index (χ2v) is 10.9. The van der Waals surface area contributed by atoms with Crippen molar-refractivity contribution >= 4 is 11.6 Å². The van der Waals surface area contributed by atoms with Gasteiger partial charge in [-0.3, -0.25) is 4.79 Å². The molecular weight excluding hydrogens is 426 g/mol. The van der Waals surface area contributed by atoms with Crippen LogP contribution < -0.4 is 10.2 Å². The van der Waals surface area contributed by atoms with Gasteiger partial charge in [0, 0.05) is 30.2 Å². The summed E-state index contributed by atoms with van der Waals surface area (Å²) in [7, 11) is 0. The monoisotopic (exact) mass is 460 g/mol. The van der Waals surface area contributed by atoms with Gasteiger partial charge in [0.25, 0.3) is 0 Å². The Labute approximate surface area is 200 Å². The largest absolute Gasteiger partial charge is 0.508 e. The Morgan fingerprint density at radius 1 is 1.21 bits per heavy atom. The van der Waals surface area contributed by atoms with Gasteiger partial charge in [-0.15, -0.1) is 5.10 Å². The third-order valence-corrected chi connectivity index (χ3v) is 7.50. The topological polar surface area (TPSA) is 84.5 Å². The molecule has 34 heavy (non-hydrogen) atoms. The number of nitrogens with zero attached hydrogens (tertiary/aromatic N) is 3.